The fourth-order valence-electron chi connectivity index (χ4n) is 0.757. The van der Waals surface area contributed by atoms with Crippen molar-refractivity contribution in [3.05, 3.63) is 12.3 Å². The maximum absolute atomic E-state index is 10.8. The third-order valence-corrected chi connectivity index (χ3v) is 6.49. The van der Waals surface area contributed by atoms with Gasteiger partial charge in [-0.2, -0.15) is 0 Å². The molecule has 1 heterocycles. The van der Waals surface area contributed by atoms with E-state index in [4.69, 9.17) is 4.43 Å². The predicted molar refractivity (Wildman–Crippen MR) is 45.2 cm³/mol. The van der Waals surface area contributed by atoms with Crippen LogP contribution in [0.15, 0.2) is 12.3 Å². The van der Waals surface area contributed by atoms with E-state index in [-0.39, 0.29) is 5.97 Å². The van der Waals surface area contributed by atoms with Crippen LogP contribution in [0.25, 0.3) is 0 Å². The van der Waals surface area contributed by atoms with Gasteiger partial charge < -0.3 is 4.43 Å². The lowest BCUT2D eigenvalue weighted by molar-refractivity contribution is -0.132. The Bertz CT molecular complexity index is 171. The minimum atomic E-state index is -1.80. The lowest BCUT2D eigenvalue weighted by Gasteiger charge is -2.26. The molecule has 0 amide bonds. The zero-order chi connectivity index (χ0) is 7.61. The van der Waals surface area contributed by atoms with Crippen LogP contribution in [-0.2, 0) is 9.22 Å². The summed E-state index contributed by atoms with van der Waals surface area (Å²) in [6, 6.07) is 0. The first-order valence-electron chi connectivity index (χ1n) is 3.09. The van der Waals surface area contributed by atoms with Gasteiger partial charge in [-0.3, -0.25) is 4.79 Å². The zero-order valence-corrected chi connectivity index (χ0v) is 7.74. The van der Waals surface area contributed by atoms with Crippen molar-refractivity contribution in [2.24, 2.45) is 0 Å². The summed E-state index contributed by atoms with van der Waals surface area (Å²) in [5.74, 6) is 0.432. The molecule has 0 aromatic rings. The average Bonchev–Trinajstić information content (AvgIpc) is 1.88. The van der Waals surface area contributed by atoms with Crippen molar-refractivity contribution in [3.63, 3.8) is 0 Å². The highest BCUT2D eigenvalue weighted by molar-refractivity contribution is 8.01. The third kappa shape index (κ3) is 1.64. The minimum Gasteiger partial charge on any atom is -0.514 e. The van der Waals surface area contributed by atoms with Gasteiger partial charge in [0.25, 0.3) is 8.32 Å². The average molecular weight is 174 g/mol. The highest BCUT2D eigenvalue weighted by Crippen LogP contribution is 2.20. The second-order valence-corrected chi connectivity index (χ2v) is 7.57. The molecule has 4 heteroatoms. The molecule has 0 N–H and O–H groups in total. The molecule has 0 spiro atoms. The normalized spacial score (nSPS) is 33.1. The molecule has 10 heavy (non-hydrogen) atoms. The molecule has 1 aliphatic rings. The summed E-state index contributed by atoms with van der Waals surface area (Å²) in [5, 5.41) is 0.961. The molecule has 1 aliphatic heterocycles. The Labute approximate surface area is 65.8 Å². The summed E-state index contributed by atoms with van der Waals surface area (Å²) in [4.78, 5) is 10.8. The van der Waals surface area contributed by atoms with E-state index in [1.165, 1.54) is 0 Å². The predicted octanol–water partition coefficient (Wildman–Crippen LogP) is 1.12. The first-order chi connectivity index (χ1) is 4.66. The van der Waals surface area contributed by atoms with E-state index in [1.807, 2.05) is 12.2 Å². The van der Waals surface area contributed by atoms with Crippen molar-refractivity contribution >= 4 is 26.0 Å². The summed E-state index contributed by atoms with van der Waals surface area (Å²) in [6.45, 7) is 5.67. The molecular formula is C6H10O2SSi. The van der Waals surface area contributed by atoms with Gasteiger partial charge in [-0.05, 0) is 6.55 Å². The Kier molecular flexibility index (Phi) is 2.20. The highest BCUT2D eigenvalue weighted by Gasteiger charge is 2.33. The molecule has 1 rings (SSSR count). The van der Waals surface area contributed by atoms with Crippen LogP contribution < -0.4 is 0 Å². The maximum atomic E-state index is 10.8. The van der Waals surface area contributed by atoms with E-state index in [0.717, 1.165) is 5.38 Å². The smallest absolute Gasteiger partial charge is 0.302 e. The molecule has 0 radical (unpaired) electrons. The van der Waals surface area contributed by atoms with Crippen LogP contribution in [0.4, 0.5) is 0 Å². The van der Waals surface area contributed by atoms with Gasteiger partial charge in [0.05, 0.1) is 5.75 Å². The van der Waals surface area contributed by atoms with Gasteiger partial charge in [-0.1, -0.05) is 5.70 Å². The van der Waals surface area contributed by atoms with Crippen LogP contribution in [0.1, 0.15) is 0 Å². The lowest BCUT2D eigenvalue weighted by Crippen LogP contribution is -2.42. The molecule has 0 bridgehead atoms. The monoisotopic (exact) mass is 174 g/mol. The maximum Gasteiger partial charge on any atom is 0.302 e. The van der Waals surface area contributed by atoms with Crippen molar-refractivity contribution in [1.29, 1.82) is 0 Å². The number of hydrogen-bond acceptors (Lipinski definition) is 3. The summed E-state index contributed by atoms with van der Waals surface area (Å²) < 4.78 is 5.18. The molecule has 2 nitrogen and oxygen atoms in total. The Morgan fingerprint density at radius 2 is 2.60 bits per heavy atom. The van der Waals surface area contributed by atoms with Crippen LogP contribution in [0.3, 0.4) is 0 Å². The third-order valence-electron chi connectivity index (χ3n) is 1.39. The molecule has 0 aliphatic carbocycles. The van der Waals surface area contributed by atoms with Crippen molar-refractivity contribution < 1.29 is 9.22 Å². The van der Waals surface area contributed by atoms with Gasteiger partial charge in [0.15, 0.2) is 0 Å². The van der Waals surface area contributed by atoms with E-state index in [2.05, 4.69) is 6.58 Å². The summed E-state index contributed by atoms with van der Waals surface area (Å²) in [6.07, 6.45) is 0. The largest absolute Gasteiger partial charge is 0.514 e. The quantitative estimate of drug-likeness (QED) is 0.557. The van der Waals surface area contributed by atoms with Gasteiger partial charge in [0.2, 0.25) is 0 Å². The second kappa shape index (κ2) is 2.80. The topological polar surface area (TPSA) is 26.3 Å². The van der Waals surface area contributed by atoms with Gasteiger partial charge in [-0.25, -0.2) is 0 Å². The number of carbonyl (C=O) groups excluding carboxylic acids is 1. The van der Waals surface area contributed by atoms with E-state index in [9.17, 15) is 4.79 Å². The Morgan fingerprint density at radius 1 is 1.90 bits per heavy atom. The van der Waals surface area contributed by atoms with Crippen LogP contribution >= 0.6 is 11.8 Å². The molecular weight excluding hydrogens is 164 g/mol. The Hall–Kier alpha value is -0.223. The van der Waals surface area contributed by atoms with Gasteiger partial charge >= 0.3 is 5.97 Å². The van der Waals surface area contributed by atoms with Gasteiger partial charge in [0.1, 0.15) is 0 Å². The van der Waals surface area contributed by atoms with Crippen LogP contribution in [0, 0.1) is 0 Å². The van der Waals surface area contributed by atoms with Crippen LogP contribution in [0.5, 0.6) is 0 Å². The fourth-order valence-corrected chi connectivity index (χ4v) is 4.50. The standard InChI is InChI=1S/C6H10O2SSi/c1-3-10(2)5-9-4-6(7)8-10/h3H,1,4-5H2,2H3. The van der Waals surface area contributed by atoms with Crippen LogP contribution in [0.2, 0.25) is 6.55 Å². The van der Waals surface area contributed by atoms with E-state index in [1.54, 1.807) is 11.8 Å². The molecule has 0 saturated carbocycles. The van der Waals surface area contributed by atoms with Crippen molar-refractivity contribution in [2.45, 2.75) is 6.55 Å². The highest BCUT2D eigenvalue weighted by atomic mass is 32.2. The van der Waals surface area contributed by atoms with Crippen molar-refractivity contribution in [1.82, 2.24) is 0 Å². The molecule has 56 valence electrons. The molecule has 1 atom stereocenters. The van der Waals surface area contributed by atoms with E-state index in [0.29, 0.717) is 5.75 Å². The number of carbonyl (C=O) groups is 1. The van der Waals surface area contributed by atoms with Gasteiger partial charge in [0, 0.05) is 5.38 Å². The van der Waals surface area contributed by atoms with Crippen molar-refractivity contribution in [3.8, 4) is 0 Å². The molecule has 0 aromatic carbocycles. The lowest BCUT2D eigenvalue weighted by atomic mass is 10.8. The first-order valence-corrected chi connectivity index (χ1v) is 6.94. The van der Waals surface area contributed by atoms with Crippen LogP contribution in [-0.4, -0.2) is 25.4 Å². The number of rotatable bonds is 1. The fraction of sp³-hybridized carbons (Fsp3) is 0.500. The SMILES string of the molecule is C=C[Si]1(C)CSCC(=O)O1. The molecule has 1 saturated heterocycles. The second-order valence-electron chi connectivity index (χ2n) is 2.48. The number of thioether (sulfide) groups is 1. The van der Waals surface area contributed by atoms with Crippen molar-refractivity contribution in [2.75, 3.05) is 11.1 Å². The van der Waals surface area contributed by atoms with E-state index >= 15 is 0 Å². The molecule has 0 aromatic heterocycles. The number of hydrogen-bond donors (Lipinski definition) is 0. The summed E-state index contributed by atoms with van der Waals surface area (Å²) in [7, 11) is -1.80. The first kappa shape index (κ1) is 7.88. The summed E-state index contributed by atoms with van der Waals surface area (Å²) >= 11 is 1.65. The molecule has 1 unspecified atom stereocenters. The minimum absolute atomic E-state index is 0.0784. The zero-order valence-electron chi connectivity index (χ0n) is 5.92. The summed E-state index contributed by atoms with van der Waals surface area (Å²) in [5.41, 5.74) is 1.82. The van der Waals surface area contributed by atoms with Gasteiger partial charge in [-0.15, -0.1) is 18.3 Å². The molecule has 1 fully saturated rings. The Morgan fingerprint density at radius 3 is 3.00 bits per heavy atom. The Balaban J connectivity index is 2.61. The van der Waals surface area contributed by atoms with E-state index < -0.39 is 8.32 Å².